The average molecular weight is 400 g/mol. The Balaban J connectivity index is 0.00000261. The van der Waals surface area contributed by atoms with Gasteiger partial charge in [0.25, 0.3) is 5.91 Å². The third kappa shape index (κ3) is 5.18. The summed E-state index contributed by atoms with van der Waals surface area (Å²) in [6.45, 7) is 3.04. The summed E-state index contributed by atoms with van der Waals surface area (Å²) in [7, 11) is 0. The van der Waals surface area contributed by atoms with Crippen molar-refractivity contribution in [3.05, 3.63) is 35.6 Å². The number of piperidine rings is 2. The van der Waals surface area contributed by atoms with E-state index >= 15 is 0 Å². The van der Waals surface area contributed by atoms with E-state index in [4.69, 9.17) is 0 Å². The van der Waals surface area contributed by atoms with E-state index in [0.717, 1.165) is 32.4 Å². The molecule has 2 saturated heterocycles. The molecule has 0 bridgehead atoms. The topological polar surface area (TPSA) is 81.7 Å². The molecule has 0 aliphatic carbocycles. The first-order valence-corrected chi connectivity index (χ1v) is 9.20. The summed E-state index contributed by atoms with van der Waals surface area (Å²) in [6, 6.07) is 5.30. The zero-order chi connectivity index (χ0) is 18.6. The van der Waals surface area contributed by atoms with E-state index < -0.39 is 5.82 Å². The van der Waals surface area contributed by atoms with Crippen molar-refractivity contribution < 1.29 is 19.1 Å². The van der Waals surface area contributed by atoms with Crippen molar-refractivity contribution in [3.63, 3.8) is 0 Å². The number of nitrogens with one attached hydrogen (secondary N) is 2. The predicted octanol–water partition coefficient (Wildman–Crippen LogP) is 1.33. The largest absolute Gasteiger partial charge is 0.392 e. The van der Waals surface area contributed by atoms with Crippen LogP contribution in [0.15, 0.2) is 24.3 Å². The Morgan fingerprint density at radius 1 is 1.33 bits per heavy atom. The van der Waals surface area contributed by atoms with Crippen molar-refractivity contribution in [2.75, 3.05) is 32.7 Å². The minimum absolute atomic E-state index is 0. The van der Waals surface area contributed by atoms with Crippen molar-refractivity contribution in [2.24, 2.45) is 5.41 Å². The summed E-state index contributed by atoms with van der Waals surface area (Å²) in [5.74, 6) is -0.726. The number of hydrogen-bond acceptors (Lipinski definition) is 4. The minimum atomic E-state index is -0.393. The van der Waals surface area contributed by atoms with Gasteiger partial charge in [-0.2, -0.15) is 0 Å². The van der Waals surface area contributed by atoms with Crippen LogP contribution >= 0.6 is 12.4 Å². The number of benzene rings is 1. The Bertz CT molecular complexity index is 654. The Labute approximate surface area is 164 Å². The lowest BCUT2D eigenvalue weighted by Gasteiger charge is -2.48. The van der Waals surface area contributed by atoms with E-state index in [1.165, 1.54) is 24.3 Å². The smallest absolute Gasteiger partial charge is 0.251 e. The molecular formula is C19H27ClFN3O3. The summed E-state index contributed by atoms with van der Waals surface area (Å²) < 4.78 is 12.9. The number of halogens is 2. The van der Waals surface area contributed by atoms with Crippen molar-refractivity contribution in [1.29, 1.82) is 0 Å². The first kappa shape index (κ1) is 21.6. The van der Waals surface area contributed by atoms with Crippen LogP contribution in [0.2, 0.25) is 0 Å². The number of carbonyl (C=O) groups excluding carboxylic acids is 2. The van der Waals surface area contributed by atoms with E-state index in [-0.39, 0.29) is 48.7 Å². The summed E-state index contributed by atoms with van der Waals surface area (Å²) in [4.78, 5) is 26.3. The molecule has 0 radical (unpaired) electrons. The van der Waals surface area contributed by atoms with Gasteiger partial charge in [-0.25, -0.2) is 4.39 Å². The average Bonchev–Trinajstić information content (AvgIpc) is 2.65. The van der Waals surface area contributed by atoms with Gasteiger partial charge in [-0.05, 0) is 50.1 Å². The molecule has 2 fully saturated rings. The fraction of sp³-hybridized carbons (Fsp3) is 0.579. The van der Waals surface area contributed by atoms with Crippen LogP contribution in [0.3, 0.4) is 0 Å². The molecule has 2 amide bonds. The second kappa shape index (κ2) is 9.48. The molecule has 0 aromatic heterocycles. The van der Waals surface area contributed by atoms with Crippen LogP contribution in [0.25, 0.3) is 0 Å². The fourth-order valence-electron chi connectivity index (χ4n) is 3.93. The van der Waals surface area contributed by atoms with Crippen LogP contribution in [0.4, 0.5) is 4.39 Å². The number of aliphatic hydroxyl groups is 1. The molecule has 150 valence electrons. The Hall–Kier alpha value is -1.70. The van der Waals surface area contributed by atoms with Gasteiger partial charge < -0.3 is 20.6 Å². The summed E-state index contributed by atoms with van der Waals surface area (Å²) >= 11 is 0. The Morgan fingerprint density at radius 3 is 2.78 bits per heavy atom. The predicted molar refractivity (Wildman–Crippen MR) is 102 cm³/mol. The molecule has 3 rings (SSSR count). The second-order valence-electron chi connectivity index (χ2n) is 7.28. The van der Waals surface area contributed by atoms with Crippen LogP contribution in [0.1, 0.15) is 36.0 Å². The SMILES string of the molecule is Cl.O=C(NCCC(=O)N1CCC[C@]2(CNCC[C@@H]2O)C1)c1ccc(F)cc1. The molecule has 2 aliphatic rings. The van der Waals surface area contributed by atoms with Gasteiger partial charge in [0.1, 0.15) is 5.82 Å². The lowest BCUT2D eigenvalue weighted by atomic mass is 9.72. The van der Waals surface area contributed by atoms with Gasteiger partial charge in [-0.1, -0.05) is 0 Å². The number of amides is 2. The standard InChI is InChI=1S/C19H26FN3O3.ClH/c20-15-4-2-14(3-5-15)18(26)22-10-7-17(25)23-11-1-8-19(13-23)12-21-9-6-16(19)24;/h2-5,16,21,24H,1,6-13H2,(H,22,26);1H/t16-,19-;/m0./s1. The van der Waals surface area contributed by atoms with Crippen molar-refractivity contribution in [1.82, 2.24) is 15.5 Å². The number of hydrogen-bond donors (Lipinski definition) is 3. The lowest BCUT2D eigenvalue weighted by Crippen LogP contribution is -2.59. The molecule has 1 spiro atoms. The molecule has 2 atom stereocenters. The Morgan fingerprint density at radius 2 is 2.07 bits per heavy atom. The van der Waals surface area contributed by atoms with Crippen LogP contribution in [-0.4, -0.2) is 60.6 Å². The highest BCUT2D eigenvalue weighted by molar-refractivity contribution is 5.94. The normalized spacial score (nSPS) is 25.0. The van der Waals surface area contributed by atoms with E-state index in [1.54, 1.807) is 0 Å². The van der Waals surface area contributed by atoms with Gasteiger partial charge in [0, 0.05) is 43.6 Å². The highest BCUT2D eigenvalue weighted by atomic mass is 35.5. The molecule has 8 heteroatoms. The Kier molecular flexibility index (Phi) is 7.59. The molecule has 2 heterocycles. The van der Waals surface area contributed by atoms with Gasteiger partial charge in [-0.15, -0.1) is 12.4 Å². The van der Waals surface area contributed by atoms with Crippen molar-refractivity contribution in [3.8, 4) is 0 Å². The van der Waals surface area contributed by atoms with Crippen molar-refractivity contribution in [2.45, 2.75) is 31.8 Å². The zero-order valence-electron chi connectivity index (χ0n) is 15.2. The summed E-state index contributed by atoms with van der Waals surface area (Å²) in [5, 5.41) is 16.4. The molecule has 1 aromatic rings. The lowest BCUT2D eigenvalue weighted by molar-refractivity contribution is -0.138. The molecule has 1 aromatic carbocycles. The molecular weight excluding hydrogens is 373 g/mol. The summed E-state index contributed by atoms with van der Waals surface area (Å²) in [5.41, 5.74) is 0.121. The van der Waals surface area contributed by atoms with Gasteiger partial charge in [0.2, 0.25) is 5.91 Å². The van der Waals surface area contributed by atoms with E-state index in [1.807, 2.05) is 4.90 Å². The van der Waals surface area contributed by atoms with Gasteiger partial charge in [0.05, 0.1) is 6.10 Å². The van der Waals surface area contributed by atoms with Gasteiger partial charge >= 0.3 is 0 Å². The first-order valence-electron chi connectivity index (χ1n) is 9.20. The maximum atomic E-state index is 12.9. The molecule has 2 aliphatic heterocycles. The minimum Gasteiger partial charge on any atom is -0.392 e. The highest BCUT2D eigenvalue weighted by Gasteiger charge is 2.43. The van der Waals surface area contributed by atoms with Gasteiger partial charge in [-0.3, -0.25) is 9.59 Å². The van der Waals surface area contributed by atoms with Crippen LogP contribution in [0.5, 0.6) is 0 Å². The number of rotatable bonds is 4. The fourth-order valence-corrected chi connectivity index (χ4v) is 3.93. The first-order chi connectivity index (χ1) is 12.5. The zero-order valence-corrected chi connectivity index (χ0v) is 16.1. The monoisotopic (exact) mass is 399 g/mol. The third-order valence-electron chi connectivity index (χ3n) is 5.47. The van der Waals surface area contributed by atoms with E-state index in [9.17, 15) is 19.1 Å². The van der Waals surface area contributed by atoms with E-state index in [0.29, 0.717) is 18.7 Å². The van der Waals surface area contributed by atoms with Crippen LogP contribution in [-0.2, 0) is 4.79 Å². The molecule has 0 saturated carbocycles. The number of nitrogens with zero attached hydrogens (tertiary/aromatic N) is 1. The highest BCUT2D eigenvalue weighted by Crippen LogP contribution is 2.36. The molecule has 0 unspecified atom stereocenters. The number of likely N-dealkylation sites (tertiary alicyclic amines) is 1. The maximum Gasteiger partial charge on any atom is 0.251 e. The second-order valence-corrected chi connectivity index (χ2v) is 7.28. The summed E-state index contributed by atoms with van der Waals surface area (Å²) in [6.07, 6.45) is 2.36. The molecule has 6 nitrogen and oxygen atoms in total. The van der Waals surface area contributed by atoms with Gasteiger partial charge in [0.15, 0.2) is 0 Å². The third-order valence-corrected chi connectivity index (χ3v) is 5.47. The van der Waals surface area contributed by atoms with Crippen LogP contribution < -0.4 is 10.6 Å². The maximum absolute atomic E-state index is 12.9. The van der Waals surface area contributed by atoms with E-state index in [2.05, 4.69) is 10.6 Å². The molecule has 27 heavy (non-hydrogen) atoms. The molecule has 3 N–H and O–H groups in total. The van der Waals surface area contributed by atoms with Crippen molar-refractivity contribution >= 4 is 24.2 Å². The quantitative estimate of drug-likeness (QED) is 0.713. The van der Waals surface area contributed by atoms with Crippen LogP contribution in [0, 0.1) is 11.2 Å². The number of aliphatic hydroxyl groups excluding tert-OH is 1. The number of carbonyl (C=O) groups is 2.